The molecule has 0 aliphatic carbocycles. The van der Waals surface area contributed by atoms with Gasteiger partial charge in [-0.3, -0.25) is 0 Å². The Hall–Kier alpha value is -2.48. The van der Waals surface area contributed by atoms with Gasteiger partial charge < -0.3 is 10.2 Å². The first-order chi connectivity index (χ1) is 9.78. The molecule has 20 heavy (non-hydrogen) atoms. The predicted octanol–water partition coefficient (Wildman–Crippen LogP) is 4.65. The number of hydrogen-bond acceptors (Lipinski definition) is 2. The molecule has 0 atom stereocenters. The number of benzene rings is 3. The van der Waals surface area contributed by atoms with Crippen molar-refractivity contribution in [1.29, 1.82) is 0 Å². The highest BCUT2D eigenvalue weighted by molar-refractivity contribution is 5.86. The van der Waals surface area contributed by atoms with Crippen LogP contribution in [0.4, 0.5) is 17.1 Å². The van der Waals surface area contributed by atoms with Crippen LogP contribution < -0.4 is 10.2 Å². The fourth-order valence-corrected chi connectivity index (χ4v) is 2.39. The molecule has 3 aromatic carbocycles. The number of hydrogen-bond donors (Lipinski definition) is 1. The lowest BCUT2D eigenvalue weighted by Crippen LogP contribution is -2.09. The van der Waals surface area contributed by atoms with E-state index in [4.69, 9.17) is 0 Å². The fourth-order valence-electron chi connectivity index (χ4n) is 2.39. The quantitative estimate of drug-likeness (QED) is 0.739. The molecule has 100 valence electrons. The SMILES string of the molecule is CNc1ccc(N(C)c2ccc3ccccc3c2)cc1. The van der Waals surface area contributed by atoms with Crippen LogP contribution >= 0.6 is 0 Å². The largest absolute Gasteiger partial charge is 0.388 e. The number of nitrogens with zero attached hydrogens (tertiary/aromatic N) is 1. The zero-order chi connectivity index (χ0) is 13.9. The molecule has 0 saturated carbocycles. The Morgan fingerprint density at radius 2 is 1.40 bits per heavy atom. The molecule has 0 heterocycles. The molecule has 3 aromatic rings. The average Bonchev–Trinajstić information content (AvgIpc) is 2.54. The van der Waals surface area contributed by atoms with Crippen molar-refractivity contribution in [3.63, 3.8) is 0 Å². The molecule has 0 radical (unpaired) electrons. The van der Waals surface area contributed by atoms with E-state index in [1.807, 2.05) is 7.05 Å². The lowest BCUT2D eigenvalue weighted by Gasteiger charge is -2.20. The van der Waals surface area contributed by atoms with Gasteiger partial charge in [0.1, 0.15) is 0 Å². The van der Waals surface area contributed by atoms with Crippen LogP contribution in [0.5, 0.6) is 0 Å². The second-order valence-electron chi connectivity index (χ2n) is 4.89. The van der Waals surface area contributed by atoms with Crippen LogP contribution in [0.15, 0.2) is 66.7 Å². The zero-order valence-electron chi connectivity index (χ0n) is 11.8. The summed E-state index contributed by atoms with van der Waals surface area (Å²) >= 11 is 0. The smallest absolute Gasteiger partial charge is 0.0414 e. The van der Waals surface area contributed by atoms with Crippen LogP contribution in [0.25, 0.3) is 10.8 Å². The second-order valence-corrected chi connectivity index (χ2v) is 4.89. The number of anilines is 3. The maximum Gasteiger partial charge on any atom is 0.0414 e. The van der Waals surface area contributed by atoms with Crippen LogP contribution in [0.1, 0.15) is 0 Å². The van der Waals surface area contributed by atoms with Crippen molar-refractivity contribution in [1.82, 2.24) is 0 Å². The lowest BCUT2D eigenvalue weighted by atomic mass is 10.1. The van der Waals surface area contributed by atoms with E-state index in [9.17, 15) is 0 Å². The Morgan fingerprint density at radius 1 is 0.750 bits per heavy atom. The van der Waals surface area contributed by atoms with Crippen molar-refractivity contribution < 1.29 is 0 Å². The Bertz CT molecular complexity index is 717. The van der Waals surface area contributed by atoms with Gasteiger partial charge in [0, 0.05) is 31.2 Å². The summed E-state index contributed by atoms with van der Waals surface area (Å²) in [5.74, 6) is 0. The minimum atomic E-state index is 1.13. The minimum absolute atomic E-state index is 1.13. The van der Waals surface area contributed by atoms with E-state index >= 15 is 0 Å². The molecular formula is C18H18N2. The summed E-state index contributed by atoms with van der Waals surface area (Å²) in [4.78, 5) is 2.20. The molecule has 0 amide bonds. The third-order valence-corrected chi connectivity index (χ3v) is 3.66. The highest BCUT2D eigenvalue weighted by Crippen LogP contribution is 2.27. The van der Waals surface area contributed by atoms with Crippen molar-refractivity contribution in [3.05, 3.63) is 66.7 Å². The summed E-state index contributed by atoms with van der Waals surface area (Å²) in [7, 11) is 4.03. The zero-order valence-corrected chi connectivity index (χ0v) is 11.8. The van der Waals surface area contributed by atoms with E-state index < -0.39 is 0 Å². The van der Waals surface area contributed by atoms with E-state index in [1.54, 1.807) is 0 Å². The van der Waals surface area contributed by atoms with Gasteiger partial charge in [0.2, 0.25) is 0 Å². The standard InChI is InChI=1S/C18H18N2/c1-19-16-8-11-17(12-9-16)20(2)18-10-7-14-5-3-4-6-15(14)13-18/h3-13,19H,1-2H3. The van der Waals surface area contributed by atoms with Gasteiger partial charge >= 0.3 is 0 Å². The molecular weight excluding hydrogens is 244 g/mol. The van der Waals surface area contributed by atoms with E-state index in [0.29, 0.717) is 0 Å². The molecule has 2 heteroatoms. The van der Waals surface area contributed by atoms with Gasteiger partial charge in [0.05, 0.1) is 0 Å². The van der Waals surface area contributed by atoms with E-state index in [1.165, 1.54) is 22.1 Å². The maximum atomic E-state index is 3.14. The van der Waals surface area contributed by atoms with E-state index in [-0.39, 0.29) is 0 Å². The Labute approximate surface area is 119 Å². The summed E-state index contributed by atoms with van der Waals surface area (Å²) in [5.41, 5.74) is 3.50. The highest BCUT2D eigenvalue weighted by Gasteiger charge is 2.04. The minimum Gasteiger partial charge on any atom is -0.388 e. The predicted molar refractivity (Wildman–Crippen MR) is 88.0 cm³/mol. The summed E-state index contributed by atoms with van der Waals surface area (Å²) < 4.78 is 0. The monoisotopic (exact) mass is 262 g/mol. The topological polar surface area (TPSA) is 15.3 Å². The molecule has 0 fully saturated rings. The molecule has 0 saturated heterocycles. The van der Waals surface area contributed by atoms with Gasteiger partial charge in [-0.1, -0.05) is 30.3 Å². The van der Waals surface area contributed by atoms with E-state index in [2.05, 4.69) is 84.0 Å². The van der Waals surface area contributed by atoms with Crippen molar-refractivity contribution in [2.75, 3.05) is 24.3 Å². The van der Waals surface area contributed by atoms with Crippen LogP contribution in [0.3, 0.4) is 0 Å². The molecule has 3 rings (SSSR count). The van der Waals surface area contributed by atoms with Crippen molar-refractivity contribution >= 4 is 27.8 Å². The lowest BCUT2D eigenvalue weighted by molar-refractivity contribution is 1.21. The second kappa shape index (κ2) is 5.25. The molecule has 2 nitrogen and oxygen atoms in total. The van der Waals surface area contributed by atoms with Crippen molar-refractivity contribution in [2.24, 2.45) is 0 Å². The van der Waals surface area contributed by atoms with Crippen molar-refractivity contribution in [3.8, 4) is 0 Å². The molecule has 0 unspecified atom stereocenters. The fraction of sp³-hybridized carbons (Fsp3) is 0.111. The molecule has 0 aromatic heterocycles. The van der Waals surface area contributed by atoms with Crippen LogP contribution in [-0.4, -0.2) is 14.1 Å². The van der Waals surface area contributed by atoms with Gasteiger partial charge in [-0.25, -0.2) is 0 Å². The third-order valence-electron chi connectivity index (χ3n) is 3.66. The van der Waals surface area contributed by atoms with Crippen molar-refractivity contribution in [2.45, 2.75) is 0 Å². The Kier molecular flexibility index (Phi) is 3.30. The number of fused-ring (bicyclic) bond motifs is 1. The molecule has 0 spiro atoms. The van der Waals surface area contributed by atoms with E-state index in [0.717, 1.165) is 5.69 Å². The molecule has 1 N–H and O–H groups in total. The average molecular weight is 262 g/mol. The van der Waals surface area contributed by atoms with Crippen LogP contribution in [0.2, 0.25) is 0 Å². The first-order valence-electron chi connectivity index (χ1n) is 6.78. The third kappa shape index (κ3) is 2.32. The van der Waals surface area contributed by atoms with Gasteiger partial charge in [0.25, 0.3) is 0 Å². The summed E-state index contributed by atoms with van der Waals surface area (Å²) in [6.07, 6.45) is 0. The summed E-state index contributed by atoms with van der Waals surface area (Å²) in [5, 5.41) is 5.68. The Balaban J connectivity index is 1.96. The van der Waals surface area contributed by atoms with Gasteiger partial charge in [-0.2, -0.15) is 0 Å². The Morgan fingerprint density at radius 3 is 2.10 bits per heavy atom. The van der Waals surface area contributed by atoms with Crippen LogP contribution in [-0.2, 0) is 0 Å². The maximum absolute atomic E-state index is 3.14. The molecule has 0 aliphatic rings. The summed E-state index contributed by atoms with van der Waals surface area (Å²) in [6.45, 7) is 0. The first kappa shape index (κ1) is 12.5. The van der Waals surface area contributed by atoms with Crippen LogP contribution in [0, 0.1) is 0 Å². The van der Waals surface area contributed by atoms with Gasteiger partial charge in [-0.15, -0.1) is 0 Å². The molecule has 0 aliphatic heterocycles. The number of rotatable bonds is 3. The van der Waals surface area contributed by atoms with Gasteiger partial charge in [-0.05, 0) is 47.2 Å². The first-order valence-corrected chi connectivity index (χ1v) is 6.78. The van der Waals surface area contributed by atoms with Gasteiger partial charge in [0.15, 0.2) is 0 Å². The highest BCUT2D eigenvalue weighted by atomic mass is 15.1. The normalized spacial score (nSPS) is 10.5. The summed E-state index contributed by atoms with van der Waals surface area (Å²) in [6, 6.07) is 23.4. The number of nitrogens with one attached hydrogen (secondary N) is 1. The molecule has 0 bridgehead atoms.